The van der Waals surface area contributed by atoms with Crippen LogP contribution in [0, 0.1) is 10.5 Å². The first-order chi connectivity index (χ1) is 8.08. The summed E-state index contributed by atoms with van der Waals surface area (Å²) < 4.78 is 1.85. The van der Waals surface area contributed by atoms with Gasteiger partial charge >= 0.3 is 0 Å². The summed E-state index contributed by atoms with van der Waals surface area (Å²) in [5.41, 5.74) is 2.22. The maximum atomic E-state index is 12.3. The van der Waals surface area contributed by atoms with Crippen molar-refractivity contribution in [2.75, 3.05) is 0 Å². The zero-order valence-corrected chi connectivity index (χ0v) is 12.8. The number of carbonyl (C=O) groups excluding carboxylic acids is 1. The van der Waals surface area contributed by atoms with Crippen LogP contribution in [0.2, 0.25) is 0 Å². The highest BCUT2D eigenvalue weighted by molar-refractivity contribution is 14.1. The Balaban J connectivity index is 2.43. The molecule has 0 radical (unpaired) electrons. The molecule has 0 N–H and O–H groups in total. The highest BCUT2D eigenvalue weighted by atomic mass is 127. The third-order valence-electron chi connectivity index (χ3n) is 2.35. The molecule has 0 amide bonds. The molecule has 0 bridgehead atoms. The van der Waals surface area contributed by atoms with Gasteiger partial charge in [-0.05, 0) is 59.8 Å². The van der Waals surface area contributed by atoms with Crippen molar-refractivity contribution in [3.63, 3.8) is 0 Å². The lowest BCUT2D eigenvalue weighted by Crippen LogP contribution is -2.04. The lowest BCUT2D eigenvalue weighted by Gasteiger charge is -2.04. The number of pyridine rings is 1. The van der Waals surface area contributed by atoms with Crippen LogP contribution in [0.5, 0.6) is 0 Å². The van der Waals surface area contributed by atoms with Gasteiger partial charge in [0.25, 0.3) is 0 Å². The molecule has 0 saturated heterocycles. The highest BCUT2D eigenvalue weighted by Gasteiger charge is 2.13. The molecule has 0 aliphatic rings. The minimum Gasteiger partial charge on any atom is -0.289 e. The van der Waals surface area contributed by atoms with Crippen LogP contribution in [0.4, 0.5) is 0 Å². The number of hydrogen-bond acceptors (Lipinski definition) is 2. The lowest BCUT2D eigenvalue weighted by molar-refractivity contribution is 0.103. The molecule has 2 aromatic rings. The molecule has 1 aromatic heterocycles. The first kappa shape index (κ1) is 12.7. The smallest absolute Gasteiger partial charge is 0.195 e. The molecule has 0 atom stereocenters. The minimum absolute atomic E-state index is 0.00296. The van der Waals surface area contributed by atoms with Gasteiger partial charge in [0.05, 0.1) is 0 Å². The summed E-state index contributed by atoms with van der Waals surface area (Å²) in [7, 11) is 0. The molecule has 2 rings (SSSR count). The van der Waals surface area contributed by atoms with Gasteiger partial charge in [-0.25, -0.2) is 0 Å². The van der Waals surface area contributed by atoms with Crippen molar-refractivity contribution in [2.45, 2.75) is 6.92 Å². The second-order valence-corrected chi connectivity index (χ2v) is 5.72. The Bertz CT molecular complexity index is 566. The summed E-state index contributed by atoms with van der Waals surface area (Å²) in [6, 6.07) is 9.33. The quantitative estimate of drug-likeness (QED) is 0.562. The fourth-order valence-corrected chi connectivity index (χ4v) is 2.37. The summed E-state index contributed by atoms with van der Waals surface area (Å²) in [6.07, 6.45) is 1.62. The number of halogens is 2. The van der Waals surface area contributed by atoms with E-state index in [2.05, 4.69) is 43.5 Å². The van der Waals surface area contributed by atoms with Gasteiger partial charge in [0, 0.05) is 31.1 Å². The number of ketones is 1. The van der Waals surface area contributed by atoms with E-state index in [1.165, 1.54) is 0 Å². The van der Waals surface area contributed by atoms with Gasteiger partial charge in [0.15, 0.2) is 5.78 Å². The number of carbonyl (C=O) groups is 1. The lowest BCUT2D eigenvalue weighted by atomic mass is 10.1. The van der Waals surface area contributed by atoms with Gasteiger partial charge in [-0.3, -0.25) is 9.78 Å². The van der Waals surface area contributed by atoms with E-state index in [1.807, 2.05) is 37.3 Å². The van der Waals surface area contributed by atoms with Crippen molar-refractivity contribution in [2.24, 2.45) is 0 Å². The Morgan fingerprint density at radius 2 is 2.06 bits per heavy atom. The third kappa shape index (κ3) is 2.93. The van der Waals surface area contributed by atoms with E-state index in [0.717, 1.165) is 13.7 Å². The number of rotatable bonds is 2. The molecule has 2 nitrogen and oxygen atoms in total. The molecule has 1 aromatic carbocycles. The van der Waals surface area contributed by atoms with E-state index in [9.17, 15) is 4.79 Å². The second-order valence-electron chi connectivity index (χ2n) is 3.64. The maximum Gasteiger partial charge on any atom is 0.195 e. The van der Waals surface area contributed by atoms with Crippen LogP contribution >= 0.6 is 38.5 Å². The Morgan fingerprint density at radius 1 is 1.29 bits per heavy atom. The van der Waals surface area contributed by atoms with Crippen molar-refractivity contribution >= 4 is 44.3 Å². The number of aryl methyl sites for hydroxylation is 1. The fourth-order valence-electron chi connectivity index (χ4n) is 1.43. The van der Waals surface area contributed by atoms with Crippen LogP contribution < -0.4 is 0 Å². The standard InChI is InChI=1S/C13H9BrINO/c1-8-2-3-9(7-16-8)13(17)11-6-10(14)4-5-12(11)15/h2-7H,1H3. The third-order valence-corrected chi connectivity index (χ3v) is 3.78. The molecule has 0 fully saturated rings. The highest BCUT2D eigenvalue weighted by Crippen LogP contribution is 2.21. The fraction of sp³-hybridized carbons (Fsp3) is 0.0769. The molecule has 1 heterocycles. The summed E-state index contributed by atoms with van der Waals surface area (Å²) in [6.45, 7) is 1.90. The van der Waals surface area contributed by atoms with Crippen molar-refractivity contribution in [3.8, 4) is 0 Å². The zero-order chi connectivity index (χ0) is 12.4. The summed E-state index contributed by atoms with van der Waals surface area (Å²) >= 11 is 5.54. The van der Waals surface area contributed by atoms with E-state index in [0.29, 0.717) is 11.1 Å². The summed E-state index contributed by atoms with van der Waals surface area (Å²) in [5.74, 6) is 0.00296. The molecule has 0 aliphatic carbocycles. The summed E-state index contributed by atoms with van der Waals surface area (Å²) in [5, 5.41) is 0. The molecule has 86 valence electrons. The second kappa shape index (κ2) is 5.27. The minimum atomic E-state index is 0.00296. The molecule has 0 saturated carbocycles. The molecule has 0 aliphatic heterocycles. The molecular weight excluding hydrogens is 393 g/mol. The molecular formula is C13H9BrINO. The Morgan fingerprint density at radius 3 is 2.71 bits per heavy atom. The first-order valence-electron chi connectivity index (χ1n) is 5.00. The van der Waals surface area contributed by atoms with E-state index >= 15 is 0 Å². The first-order valence-corrected chi connectivity index (χ1v) is 6.87. The van der Waals surface area contributed by atoms with Gasteiger partial charge in [-0.1, -0.05) is 15.9 Å². The molecule has 4 heteroatoms. The van der Waals surface area contributed by atoms with E-state index in [4.69, 9.17) is 0 Å². The van der Waals surface area contributed by atoms with Crippen molar-refractivity contribution in [1.82, 2.24) is 4.98 Å². The Hall–Kier alpha value is -0.750. The predicted octanol–water partition coefficient (Wildman–Crippen LogP) is 3.99. The van der Waals surface area contributed by atoms with Crippen molar-refractivity contribution < 1.29 is 4.79 Å². The van der Waals surface area contributed by atoms with Crippen LogP contribution in [0.1, 0.15) is 21.6 Å². The summed E-state index contributed by atoms with van der Waals surface area (Å²) in [4.78, 5) is 16.4. The van der Waals surface area contributed by atoms with Crippen LogP contribution in [0.25, 0.3) is 0 Å². The van der Waals surface area contributed by atoms with E-state index < -0.39 is 0 Å². The number of hydrogen-bond donors (Lipinski definition) is 0. The van der Waals surface area contributed by atoms with Gasteiger partial charge in [0.2, 0.25) is 0 Å². The van der Waals surface area contributed by atoms with Crippen LogP contribution in [0.15, 0.2) is 41.0 Å². The largest absolute Gasteiger partial charge is 0.289 e. The number of nitrogens with zero attached hydrogens (tertiary/aromatic N) is 1. The monoisotopic (exact) mass is 401 g/mol. The number of aromatic nitrogens is 1. The zero-order valence-electron chi connectivity index (χ0n) is 9.08. The van der Waals surface area contributed by atoms with Gasteiger partial charge in [-0.2, -0.15) is 0 Å². The molecule has 0 spiro atoms. The molecule has 17 heavy (non-hydrogen) atoms. The SMILES string of the molecule is Cc1ccc(C(=O)c2cc(Br)ccc2I)cn1. The normalized spacial score (nSPS) is 10.3. The maximum absolute atomic E-state index is 12.3. The average molecular weight is 402 g/mol. The number of benzene rings is 1. The predicted molar refractivity (Wildman–Crippen MR) is 79.3 cm³/mol. The average Bonchev–Trinajstić information content (AvgIpc) is 2.32. The van der Waals surface area contributed by atoms with Crippen molar-refractivity contribution in [1.29, 1.82) is 0 Å². The van der Waals surface area contributed by atoms with Gasteiger partial charge in [-0.15, -0.1) is 0 Å². The van der Waals surface area contributed by atoms with Crippen LogP contribution in [-0.2, 0) is 0 Å². The van der Waals surface area contributed by atoms with Crippen LogP contribution in [0.3, 0.4) is 0 Å². The topological polar surface area (TPSA) is 30.0 Å². The van der Waals surface area contributed by atoms with Gasteiger partial charge in [0.1, 0.15) is 0 Å². The van der Waals surface area contributed by atoms with E-state index in [-0.39, 0.29) is 5.78 Å². The van der Waals surface area contributed by atoms with Gasteiger partial charge < -0.3 is 0 Å². The van der Waals surface area contributed by atoms with Crippen LogP contribution in [-0.4, -0.2) is 10.8 Å². The Kier molecular flexibility index (Phi) is 3.93. The molecule has 0 unspecified atom stereocenters. The Labute approximate surface area is 122 Å². The van der Waals surface area contributed by atoms with Crippen molar-refractivity contribution in [3.05, 3.63) is 61.4 Å². The van der Waals surface area contributed by atoms with E-state index in [1.54, 1.807) is 6.20 Å².